The third kappa shape index (κ3) is 3.83. The zero-order chi connectivity index (χ0) is 15.2. The lowest BCUT2D eigenvalue weighted by molar-refractivity contribution is -0.145. The van der Waals surface area contributed by atoms with E-state index < -0.39 is 0 Å². The summed E-state index contributed by atoms with van der Waals surface area (Å²) in [6.45, 7) is 3.10. The monoisotopic (exact) mass is 309 g/mol. The van der Waals surface area contributed by atoms with Crippen molar-refractivity contribution < 1.29 is 19.1 Å². The molecule has 1 aromatic carbocycles. The van der Waals surface area contributed by atoms with Crippen LogP contribution in [0.4, 0.5) is 0 Å². The van der Waals surface area contributed by atoms with E-state index >= 15 is 0 Å². The molecule has 0 saturated carbocycles. The smallest absolute Gasteiger partial charge is 0.326 e. The minimum atomic E-state index is -0.376. The number of benzene rings is 1. The molecule has 0 spiro atoms. The third-order valence-corrected chi connectivity index (χ3v) is 3.23. The maximum absolute atomic E-state index is 11.8. The Kier molecular flexibility index (Phi) is 5.36. The normalized spacial score (nSPS) is 10.8. The van der Waals surface area contributed by atoms with Crippen LogP contribution >= 0.6 is 11.6 Å². The lowest BCUT2D eigenvalue weighted by Crippen LogP contribution is -2.15. The Bertz CT molecular complexity index is 650. The van der Waals surface area contributed by atoms with Crippen LogP contribution in [0, 0.1) is 0 Å². The van der Waals surface area contributed by atoms with Crippen LogP contribution in [0.5, 0.6) is 0 Å². The van der Waals surface area contributed by atoms with Gasteiger partial charge in [0.25, 0.3) is 0 Å². The van der Waals surface area contributed by atoms with E-state index in [9.17, 15) is 9.59 Å². The van der Waals surface area contributed by atoms with Crippen molar-refractivity contribution in [2.75, 3.05) is 19.8 Å². The Morgan fingerprint density at radius 3 is 2.90 bits per heavy atom. The van der Waals surface area contributed by atoms with Gasteiger partial charge in [-0.15, -0.1) is 0 Å². The number of halogens is 1. The molecule has 0 N–H and O–H groups in total. The first-order valence-electron chi connectivity index (χ1n) is 6.62. The third-order valence-electron chi connectivity index (χ3n) is 3.00. The van der Waals surface area contributed by atoms with Crippen molar-refractivity contribution in [2.24, 2.45) is 0 Å². The number of nitrogens with zero attached hydrogens (tertiary/aromatic N) is 1. The van der Waals surface area contributed by atoms with E-state index in [0.29, 0.717) is 23.8 Å². The fourth-order valence-corrected chi connectivity index (χ4v) is 2.24. The molecule has 1 aromatic heterocycles. The number of carbonyl (C=O) groups excluding carboxylic acids is 2. The molecular weight excluding hydrogens is 294 g/mol. The van der Waals surface area contributed by atoms with Crippen LogP contribution in [0.15, 0.2) is 24.4 Å². The van der Waals surface area contributed by atoms with Gasteiger partial charge in [-0.2, -0.15) is 0 Å². The predicted molar refractivity (Wildman–Crippen MR) is 79.8 cm³/mol. The highest BCUT2D eigenvalue weighted by Crippen LogP contribution is 2.24. The molecular formula is C15H16ClNO4. The summed E-state index contributed by atoms with van der Waals surface area (Å²) in [6.07, 6.45) is 2.37. The molecule has 0 radical (unpaired) electrons. The molecule has 0 fully saturated rings. The molecule has 2 aromatic rings. The highest BCUT2D eigenvalue weighted by atomic mass is 35.5. The molecule has 21 heavy (non-hydrogen) atoms. The number of hydrogen-bond donors (Lipinski definition) is 0. The van der Waals surface area contributed by atoms with Crippen LogP contribution in [0.2, 0.25) is 5.02 Å². The van der Waals surface area contributed by atoms with E-state index in [2.05, 4.69) is 0 Å². The van der Waals surface area contributed by atoms with Crippen LogP contribution in [0.3, 0.4) is 0 Å². The van der Waals surface area contributed by atoms with E-state index in [1.807, 2.05) is 6.92 Å². The molecule has 0 aliphatic rings. The van der Waals surface area contributed by atoms with E-state index in [0.717, 1.165) is 17.2 Å². The van der Waals surface area contributed by atoms with Gasteiger partial charge in [0.05, 0.1) is 6.61 Å². The van der Waals surface area contributed by atoms with Gasteiger partial charge in [0, 0.05) is 34.3 Å². The average Bonchev–Trinajstić information content (AvgIpc) is 2.80. The number of aromatic nitrogens is 1. The quantitative estimate of drug-likeness (QED) is 0.448. The average molecular weight is 310 g/mol. The molecule has 0 aliphatic heterocycles. The molecule has 6 heteroatoms. The summed E-state index contributed by atoms with van der Waals surface area (Å²) in [5, 5.41) is 1.27. The Morgan fingerprint density at radius 1 is 1.38 bits per heavy atom. The first-order chi connectivity index (χ1) is 10.2. The second-order valence-electron chi connectivity index (χ2n) is 4.41. The van der Waals surface area contributed by atoms with Crippen molar-refractivity contribution >= 4 is 34.8 Å². The number of rotatable bonds is 7. The summed E-state index contributed by atoms with van der Waals surface area (Å²) in [6, 6.07) is 5.20. The molecule has 5 nitrogen and oxygen atoms in total. The predicted octanol–water partition coefficient (Wildman–Crippen LogP) is 2.69. The maximum Gasteiger partial charge on any atom is 0.326 e. The topological polar surface area (TPSA) is 57.5 Å². The van der Waals surface area contributed by atoms with Crippen molar-refractivity contribution in [3.63, 3.8) is 0 Å². The second kappa shape index (κ2) is 7.24. The lowest BCUT2D eigenvalue weighted by Gasteiger charge is -2.07. The molecule has 0 atom stereocenters. The fourth-order valence-electron chi connectivity index (χ4n) is 2.07. The molecule has 0 aliphatic carbocycles. The van der Waals surface area contributed by atoms with Crippen LogP contribution in [0.1, 0.15) is 17.3 Å². The van der Waals surface area contributed by atoms with Crippen molar-refractivity contribution in [1.82, 2.24) is 4.57 Å². The van der Waals surface area contributed by atoms with Gasteiger partial charge in [-0.25, -0.2) is 0 Å². The molecule has 2 rings (SSSR count). The number of fused-ring (bicyclic) bond motifs is 1. The largest absolute Gasteiger partial charge is 0.462 e. The number of ether oxygens (including phenoxy) is 2. The molecule has 112 valence electrons. The summed E-state index contributed by atoms with van der Waals surface area (Å²) in [7, 11) is 0. The van der Waals surface area contributed by atoms with Gasteiger partial charge in [-0.05, 0) is 25.1 Å². The minimum Gasteiger partial charge on any atom is -0.462 e. The number of esters is 1. The van der Waals surface area contributed by atoms with Crippen molar-refractivity contribution in [3.05, 3.63) is 35.0 Å². The number of carbonyl (C=O) groups is 2. The van der Waals surface area contributed by atoms with Crippen LogP contribution in [0.25, 0.3) is 10.9 Å². The maximum atomic E-state index is 11.8. The number of hydrogen-bond acceptors (Lipinski definition) is 4. The lowest BCUT2D eigenvalue weighted by atomic mass is 10.2. The van der Waals surface area contributed by atoms with Gasteiger partial charge >= 0.3 is 5.97 Å². The zero-order valence-electron chi connectivity index (χ0n) is 11.7. The molecule has 0 unspecified atom stereocenters. The zero-order valence-corrected chi connectivity index (χ0v) is 12.4. The standard InChI is InChI=1S/C15H16ClNO4/c1-2-20-5-6-21-15(19)9-17-8-11(10-18)13-7-12(16)3-4-14(13)17/h3-4,7-8,10H,2,5-6,9H2,1H3. The van der Waals surface area contributed by atoms with Gasteiger partial charge < -0.3 is 14.0 Å². The summed E-state index contributed by atoms with van der Waals surface area (Å²) in [5.41, 5.74) is 1.26. The summed E-state index contributed by atoms with van der Waals surface area (Å²) < 4.78 is 11.8. The van der Waals surface area contributed by atoms with Gasteiger partial charge in [0.2, 0.25) is 0 Å². The van der Waals surface area contributed by atoms with E-state index in [1.54, 1.807) is 29.0 Å². The first-order valence-corrected chi connectivity index (χ1v) is 7.00. The molecule has 0 bridgehead atoms. The summed E-state index contributed by atoms with van der Waals surface area (Å²) in [5.74, 6) is -0.376. The molecule has 0 amide bonds. The van der Waals surface area contributed by atoms with Crippen LogP contribution in [-0.2, 0) is 20.8 Å². The van der Waals surface area contributed by atoms with E-state index in [-0.39, 0.29) is 19.1 Å². The minimum absolute atomic E-state index is 0.0398. The SMILES string of the molecule is CCOCCOC(=O)Cn1cc(C=O)c2cc(Cl)ccc21. The van der Waals surface area contributed by atoms with Gasteiger partial charge in [0.1, 0.15) is 13.2 Å². The first kappa shape index (κ1) is 15.5. The van der Waals surface area contributed by atoms with Gasteiger partial charge in [-0.3, -0.25) is 9.59 Å². The van der Waals surface area contributed by atoms with Crippen molar-refractivity contribution in [1.29, 1.82) is 0 Å². The van der Waals surface area contributed by atoms with Crippen LogP contribution < -0.4 is 0 Å². The highest BCUT2D eigenvalue weighted by Gasteiger charge is 2.12. The molecule has 0 saturated heterocycles. The van der Waals surface area contributed by atoms with Crippen molar-refractivity contribution in [3.8, 4) is 0 Å². The summed E-state index contributed by atoms with van der Waals surface area (Å²) in [4.78, 5) is 22.9. The summed E-state index contributed by atoms with van der Waals surface area (Å²) >= 11 is 5.93. The van der Waals surface area contributed by atoms with E-state index in [1.165, 1.54) is 0 Å². The van der Waals surface area contributed by atoms with Crippen molar-refractivity contribution in [2.45, 2.75) is 13.5 Å². The Balaban J connectivity index is 2.11. The Morgan fingerprint density at radius 2 is 2.19 bits per heavy atom. The molecule has 1 heterocycles. The van der Waals surface area contributed by atoms with E-state index in [4.69, 9.17) is 21.1 Å². The highest BCUT2D eigenvalue weighted by molar-refractivity contribution is 6.31. The Labute approximate surface area is 127 Å². The Hall–Kier alpha value is -1.85. The fraction of sp³-hybridized carbons (Fsp3) is 0.333. The van der Waals surface area contributed by atoms with Crippen LogP contribution in [-0.4, -0.2) is 36.6 Å². The van der Waals surface area contributed by atoms with Gasteiger partial charge in [0.15, 0.2) is 6.29 Å². The second-order valence-corrected chi connectivity index (χ2v) is 4.85. The number of aldehydes is 1. The van der Waals surface area contributed by atoms with Gasteiger partial charge in [-0.1, -0.05) is 11.6 Å².